The summed E-state index contributed by atoms with van der Waals surface area (Å²) < 4.78 is 10.8. The topological polar surface area (TPSA) is 83.1 Å². The molecule has 0 unspecified atom stereocenters. The number of aromatic hydroxyl groups is 3. The minimum Gasteiger partial charge on any atom is -0.508 e. The number of phenols is 3. The molecular formula is C16H14O5. The van der Waals surface area contributed by atoms with E-state index < -0.39 is 0 Å². The Morgan fingerprint density at radius 3 is 2.43 bits per heavy atom. The molecule has 0 bridgehead atoms. The molecule has 2 aromatic carbocycles. The molecule has 5 nitrogen and oxygen atoms in total. The van der Waals surface area contributed by atoms with Crippen molar-refractivity contribution in [3.63, 3.8) is 0 Å². The van der Waals surface area contributed by atoms with Crippen LogP contribution in [0.4, 0.5) is 0 Å². The number of benzene rings is 2. The Kier molecular flexibility index (Phi) is 2.90. The van der Waals surface area contributed by atoms with Gasteiger partial charge in [-0.3, -0.25) is 0 Å². The summed E-state index contributed by atoms with van der Waals surface area (Å²) in [5, 5.41) is 29.9. The minimum atomic E-state index is -0.0756. The second-order valence-corrected chi connectivity index (χ2v) is 4.78. The third-order valence-electron chi connectivity index (χ3n) is 3.46. The highest BCUT2D eigenvalue weighted by atomic mass is 16.5. The van der Waals surface area contributed by atoms with Gasteiger partial charge in [0, 0.05) is 23.1 Å². The van der Waals surface area contributed by atoms with E-state index in [1.165, 1.54) is 25.3 Å². The fourth-order valence-corrected chi connectivity index (χ4v) is 2.37. The highest BCUT2D eigenvalue weighted by Gasteiger charge is 2.18. The highest BCUT2D eigenvalue weighted by molar-refractivity contribution is 5.91. The molecular weight excluding hydrogens is 272 g/mol. The Bertz CT molecular complexity index is 832. The number of aryl methyl sites for hydroxylation is 1. The number of furan rings is 1. The average Bonchev–Trinajstić information content (AvgIpc) is 2.74. The van der Waals surface area contributed by atoms with Gasteiger partial charge in [0.1, 0.15) is 22.8 Å². The third kappa shape index (κ3) is 2.03. The lowest BCUT2D eigenvalue weighted by Crippen LogP contribution is -1.83. The van der Waals surface area contributed by atoms with Crippen molar-refractivity contribution in [1.29, 1.82) is 0 Å². The molecule has 0 atom stereocenters. The van der Waals surface area contributed by atoms with Crippen LogP contribution in [0.1, 0.15) is 5.56 Å². The number of methoxy groups -OCH3 is 1. The van der Waals surface area contributed by atoms with Gasteiger partial charge < -0.3 is 24.5 Å². The molecule has 108 valence electrons. The summed E-state index contributed by atoms with van der Waals surface area (Å²) in [5.41, 5.74) is 1.78. The first-order valence-corrected chi connectivity index (χ1v) is 6.33. The predicted octanol–water partition coefficient (Wildman–Crippen LogP) is 3.53. The summed E-state index contributed by atoms with van der Waals surface area (Å²) in [4.78, 5) is 0. The van der Waals surface area contributed by atoms with Gasteiger partial charge in [0.15, 0.2) is 11.5 Å². The highest BCUT2D eigenvalue weighted by Crippen LogP contribution is 2.41. The van der Waals surface area contributed by atoms with Crippen molar-refractivity contribution in [2.75, 3.05) is 7.11 Å². The second kappa shape index (κ2) is 4.63. The first kappa shape index (κ1) is 13.2. The molecule has 0 aliphatic rings. The SMILES string of the molecule is COc1cc2c(C)c(-c3ccc(O)cc3O)oc2cc1O. The van der Waals surface area contributed by atoms with Crippen LogP contribution in [0.3, 0.4) is 0 Å². The molecule has 0 saturated heterocycles. The van der Waals surface area contributed by atoms with Gasteiger partial charge in [-0.25, -0.2) is 0 Å². The molecule has 0 aliphatic carbocycles. The van der Waals surface area contributed by atoms with Crippen LogP contribution >= 0.6 is 0 Å². The molecule has 0 saturated carbocycles. The first-order chi connectivity index (χ1) is 10.0. The van der Waals surface area contributed by atoms with Gasteiger partial charge in [-0.2, -0.15) is 0 Å². The summed E-state index contributed by atoms with van der Waals surface area (Å²) in [5.74, 6) is 0.723. The zero-order chi connectivity index (χ0) is 15.1. The van der Waals surface area contributed by atoms with Gasteiger partial charge in [0.25, 0.3) is 0 Å². The van der Waals surface area contributed by atoms with Gasteiger partial charge in [-0.05, 0) is 25.1 Å². The van der Waals surface area contributed by atoms with E-state index in [0.717, 1.165) is 10.9 Å². The van der Waals surface area contributed by atoms with Crippen molar-refractivity contribution in [3.05, 3.63) is 35.9 Å². The van der Waals surface area contributed by atoms with E-state index in [9.17, 15) is 15.3 Å². The maximum absolute atomic E-state index is 9.96. The van der Waals surface area contributed by atoms with Gasteiger partial charge in [0.2, 0.25) is 0 Å². The van der Waals surface area contributed by atoms with E-state index in [-0.39, 0.29) is 17.2 Å². The smallest absolute Gasteiger partial charge is 0.161 e. The van der Waals surface area contributed by atoms with Crippen LogP contribution in [0.5, 0.6) is 23.0 Å². The molecule has 3 N–H and O–H groups in total. The molecule has 0 fully saturated rings. The number of fused-ring (bicyclic) bond motifs is 1. The van der Waals surface area contributed by atoms with Crippen LogP contribution in [-0.4, -0.2) is 22.4 Å². The number of hydrogen-bond acceptors (Lipinski definition) is 5. The lowest BCUT2D eigenvalue weighted by atomic mass is 10.1. The van der Waals surface area contributed by atoms with Crippen molar-refractivity contribution in [2.45, 2.75) is 6.92 Å². The Morgan fingerprint density at radius 2 is 1.76 bits per heavy atom. The van der Waals surface area contributed by atoms with Crippen LogP contribution in [0.15, 0.2) is 34.7 Å². The maximum atomic E-state index is 9.96. The molecule has 1 aromatic heterocycles. The maximum Gasteiger partial charge on any atom is 0.161 e. The molecule has 1 heterocycles. The molecule has 3 rings (SSSR count). The van der Waals surface area contributed by atoms with Crippen molar-refractivity contribution in [1.82, 2.24) is 0 Å². The summed E-state index contributed by atoms with van der Waals surface area (Å²) in [6.07, 6.45) is 0. The fraction of sp³-hybridized carbons (Fsp3) is 0.125. The number of ether oxygens (including phenoxy) is 1. The summed E-state index contributed by atoms with van der Waals surface area (Å²) >= 11 is 0. The molecule has 0 spiro atoms. The number of rotatable bonds is 2. The zero-order valence-corrected chi connectivity index (χ0v) is 11.5. The Balaban J connectivity index is 2.26. The second-order valence-electron chi connectivity index (χ2n) is 4.78. The van der Waals surface area contributed by atoms with Crippen molar-refractivity contribution in [2.24, 2.45) is 0 Å². The van der Waals surface area contributed by atoms with Crippen molar-refractivity contribution < 1.29 is 24.5 Å². The molecule has 0 amide bonds. The van der Waals surface area contributed by atoms with E-state index >= 15 is 0 Å². The van der Waals surface area contributed by atoms with Gasteiger partial charge in [-0.1, -0.05) is 0 Å². The molecule has 3 aromatic rings. The number of phenolic OH excluding ortho intramolecular Hbond substituents is 3. The average molecular weight is 286 g/mol. The van der Waals surface area contributed by atoms with Gasteiger partial charge >= 0.3 is 0 Å². The molecule has 0 radical (unpaired) electrons. The van der Waals surface area contributed by atoms with E-state index in [1.54, 1.807) is 12.1 Å². The van der Waals surface area contributed by atoms with Gasteiger partial charge in [-0.15, -0.1) is 0 Å². The Hall–Kier alpha value is -2.82. The lowest BCUT2D eigenvalue weighted by molar-refractivity contribution is 0.374. The standard InChI is InChI=1S/C16H14O5/c1-8-11-6-15(20-2)13(19)7-14(11)21-16(8)10-4-3-9(17)5-12(10)18/h3-7,17-19H,1-2H3. The normalized spacial score (nSPS) is 11.0. The van der Waals surface area contributed by atoms with Crippen LogP contribution in [0.25, 0.3) is 22.3 Å². The van der Waals surface area contributed by atoms with E-state index in [2.05, 4.69) is 0 Å². The van der Waals surface area contributed by atoms with Crippen molar-refractivity contribution in [3.8, 4) is 34.3 Å². The summed E-state index contributed by atoms with van der Waals surface area (Å²) in [7, 11) is 1.48. The molecule has 5 heteroatoms. The molecule has 21 heavy (non-hydrogen) atoms. The largest absolute Gasteiger partial charge is 0.508 e. The van der Waals surface area contributed by atoms with E-state index in [4.69, 9.17) is 9.15 Å². The Labute approximate surface area is 120 Å². The van der Waals surface area contributed by atoms with E-state index in [1.807, 2.05) is 6.92 Å². The molecule has 0 aliphatic heterocycles. The Morgan fingerprint density at radius 1 is 1.00 bits per heavy atom. The monoisotopic (exact) mass is 286 g/mol. The van der Waals surface area contributed by atoms with Crippen LogP contribution in [0.2, 0.25) is 0 Å². The zero-order valence-electron chi connectivity index (χ0n) is 11.5. The third-order valence-corrected chi connectivity index (χ3v) is 3.46. The predicted molar refractivity (Wildman–Crippen MR) is 77.9 cm³/mol. The van der Waals surface area contributed by atoms with Crippen LogP contribution in [-0.2, 0) is 0 Å². The summed E-state index contributed by atoms with van der Waals surface area (Å²) in [6, 6.07) is 7.46. The quantitative estimate of drug-likeness (QED) is 0.671. The fourth-order valence-electron chi connectivity index (χ4n) is 2.37. The first-order valence-electron chi connectivity index (χ1n) is 6.33. The number of hydrogen-bond donors (Lipinski definition) is 3. The van der Waals surface area contributed by atoms with Crippen LogP contribution < -0.4 is 4.74 Å². The summed E-state index contributed by atoms with van der Waals surface area (Å²) in [6.45, 7) is 1.85. The van der Waals surface area contributed by atoms with E-state index in [0.29, 0.717) is 22.7 Å². The minimum absolute atomic E-state index is 0.0137. The lowest BCUT2D eigenvalue weighted by Gasteiger charge is -2.03. The van der Waals surface area contributed by atoms with Crippen LogP contribution in [0, 0.1) is 6.92 Å². The van der Waals surface area contributed by atoms with Gasteiger partial charge in [0.05, 0.1) is 12.7 Å². The van der Waals surface area contributed by atoms with Crippen molar-refractivity contribution >= 4 is 11.0 Å².